The van der Waals surface area contributed by atoms with Crippen LogP contribution in [0.5, 0.6) is 0 Å². The predicted molar refractivity (Wildman–Crippen MR) is 56.8 cm³/mol. The van der Waals surface area contributed by atoms with E-state index in [0.29, 0.717) is 12.4 Å². The molecule has 0 saturated carbocycles. The van der Waals surface area contributed by atoms with Gasteiger partial charge in [-0.1, -0.05) is 0 Å². The topological polar surface area (TPSA) is 123 Å². The van der Waals surface area contributed by atoms with E-state index in [1.54, 1.807) is 6.29 Å². The van der Waals surface area contributed by atoms with Crippen LogP contribution >= 0.6 is 0 Å². The second kappa shape index (κ2) is 5.97. The van der Waals surface area contributed by atoms with Crippen LogP contribution in [0.15, 0.2) is 0 Å². The minimum absolute atomic E-state index is 0.218. The van der Waals surface area contributed by atoms with Gasteiger partial charge in [-0.2, -0.15) is 4.98 Å². The molecule has 1 aromatic heterocycles. The summed E-state index contributed by atoms with van der Waals surface area (Å²) in [7, 11) is 0. The molecule has 15 heavy (non-hydrogen) atoms. The SMILES string of the molecule is Nc1n[nH]c(NCCCC[C@H](N)[C]=O)n1. The summed E-state index contributed by atoms with van der Waals surface area (Å²) in [5, 5.41) is 9.31. The molecule has 0 aliphatic heterocycles. The molecule has 1 rings (SSSR count). The first-order chi connectivity index (χ1) is 7.22. The molecule has 0 amide bonds. The van der Waals surface area contributed by atoms with E-state index in [9.17, 15) is 4.79 Å². The summed E-state index contributed by atoms with van der Waals surface area (Å²) in [4.78, 5) is 14.0. The molecular weight excluding hydrogens is 196 g/mol. The van der Waals surface area contributed by atoms with Crippen molar-refractivity contribution in [1.82, 2.24) is 15.2 Å². The first-order valence-corrected chi connectivity index (χ1v) is 4.77. The largest absolute Gasteiger partial charge is 0.366 e. The molecule has 0 saturated heterocycles. The second-order valence-electron chi connectivity index (χ2n) is 3.19. The lowest BCUT2D eigenvalue weighted by molar-refractivity contribution is 0.530. The van der Waals surface area contributed by atoms with Crippen LogP contribution in [0.1, 0.15) is 19.3 Å². The summed E-state index contributed by atoms with van der Waals surface area (Å²) in [6, 6.07) is -0.467. The van der Waals surface area contributed by atoms with Crippen molar-refractivity contribution in [2.75, 3.05) is 17.6 Å². The molecular formula is C8H15N6O. The smallest absolute Gasteiger partial charge is 0.241 e. The van der Waals surface area contributed by atoms with Crippen molar-refractivity contribution >= 4 is 18.2 Å². The number of unbranched alkanes of at least 4 members (excludes halogenated alkanes) is 1. The van der Waals surface area contributed by atoms with Crippen molar-refractivity contribution in [3.63, 3.8) is 0 Å². The fourth-order valence-electron chi connectivity index (χ4n) is 1.11. The fourth-order valence-corrected chi connectivity index (χ4v) is 1.11. The summed E-state index contributed by atoms with van der Waals surface area (Å²) in [5.41, 5.74) is 10.7. The quantitative estimate of drug-likeness (QED) is 0.447. The summed E-state index contributed by atoms with van der Waals surface area (Å²) in [6.07, 6.45) is 4.16. The van der Waals surface area contributed by atoms with Crippen LogP contribution in [0, 0.1) is 0 Å². The molecule has 0 aliphatic rings. The first kappa shape index (κ1) is 11.4. The number of nitrogens with two attached hydrogens (primary N) is 2. The molecule has 0 unspecified atom stereocenters. The Hall–Kier alpha value is -1.63. The highest BCUT2D eigenvalue weighted by atomic mass is 16.1. The van der Waals surface area contributed by atoms with Crippen LogP contribution in [0.2, 0.25) is 0 Å². The van der Waals surface area contributed by atoms with E-state index >= 15 is 0 Å². The van der Waals surface area contributed by atoms with Gasteiger partial charge in [-0.3, -0.25) is 4.79 Å². The molecule has 0 fully saturated rings. The molecule has 0 spiro atoms. The Morgan fingerprint density at radius 2 is 2.33 bits per heavy atom. The molecule has 1 radical (unpaired) electrons. The molecule has 1 aromatic rings. The Morgan fingerprint density at radius 1 is 1.53 bits per heavy atom. The molecule has 0 bridgehead atoms. The zero-order chi connectivity index (χ0) is 11.1. The summed E-state index contributed by atoms with van der Waals surface area (Å²) in [6.45, 7) is 0.736. The first-order valence-electron chi connectivity index (χ1n) is 4.77. The normalized spacial score (nSPS) is 12.3. The van der Waals surface area contributed by atoms with Gasteiger partial charge in [0.15, 0.2) is 0 Å². The number of aromatic amines is 1. The Kier molecular flexibility index (Phi) is 4.55. The third kappa shape index (κ3) is 4.41. The summed E-state index contributed by atoms with van der Waals surface area (Å²) in [5.74, 6) is 0.772. The number of nitrogens with one attached hydrogen (secondary N) is 2. The zero-order valence-electron chi connectivity index (χ0n) is 8.36. The molecule has 0 aliphatic carbocycles. The van der Waals surface area contributed by atoms with Crippen molar-refractivity contribution < 1.29 is 4.79 Å². The highest BCUT2D eigenvalue weighted by molar-refractivity contribution is 5.57. The maximum Gasteiger partial charge on any atom is 0.241 e. The Balaban J connectivity index is 2.04. The van der Waals surface area contributed by atoms with E-state index in [-0.39, 0.29) is 5.95 Å². The van der Waals surface area contributed by atoms with E-state index in [1.165, 1.54) is 0 Å². The molecule has 83 valence electrons. The molecule has 6 N–H and O–H groups in total. The van der Waals surface area contributed by atoms with Gasteiger partial charge in [-0.25, -0.2) is 5.10 Å². The number of nitrogen functional groups attached to an aromatic ring is 1. The molecule has 0 aromatic carbocycles. The van der Waals surface area contributed by atoms with Gasteiger partial charge in [-0.05, 0) is 19.3 Å². The highest BCUT2D eigenvalue weighted by Gasteiger charge is 2.01. The van der Waals surface area contributed by atoms with E-state index in [1.807, 2.05) is 0 Å². The zero-order valence-corrected chi connectivity index (χ0v) is 8.36. The Labute approximate surface area is 87.6 Å². The van der Waals surface area contributed by atoms with Crippen LogP contribution in [0.4, 0.5) is 11.9 Å². The van der Waals surface area contributed by atoms with E-state index < -0.39 is 6.04 Å². The lowest BCUT2D eigenvalue weighted by Crippen LogP contribution is -2.21. The van der Waals surface area contributed by atoms with Crippen LogP contribution in [-0.4, -0.2) is 34.1 Å². The minimum atomic E-state index is -0.467. The molecule has 7 heteroatoms. The van der Waals surface area contributed by atoms with Crippen molar-refractivity contribution in [2.24, 2.45) is 5.73 Å². The number of nitrogens with zero attached hydrogens (tertiary/aromatic N) is 2. The van der Waals surface area contributed by atoms with E-state index in [4.69, 9.17) is 11.5 Å². The van der Waals surface area contributed by atoms with Gasteiger partial charge in [-0.15, -0.1) is 5.10 Å². The van der Waals surface area contributed by atoms with Crippen molar-refractivity contribution in [2.45, 2.75) is 25.3 Å². The predicted octanol–water partition coefficient (Wildman–Crippen LogP) is -0.594. The van der Waals surface area contributed by atoms with Crippen LogP contribution in [0.25, 0.3) is 0 Å². The fraction of sp³-hybridized carbons (Fsp3) is 0.625. The maximum absolute atomic E-state index is 10.1. The van der Waals surface area contributed by atoms with E-state index in [2.05, 4.69) is 20.5 Å². The number of hydrogen-bond acceptors (Lipinski definition) is 6. The summed E-state index contributed by atoms with van der Waals surface area (Å²) >= 11 is 0. The van der Waals surface area contributed by atoms with Gasteiger partial charge in [0.05, 0.1) is 6.04 Å². The minimum Gasteiger partial charge on any atom is -0.366 e. The van der Waals surface area contributed by atoms with Gasteiger partial charge in [0, 0.05) is 6.54 Å². The average molecular weight is 211 g/mol. The third-order valence-corrected chi connectivity index (χ3v) is 1.89. The van der Waals surface area contributed by atoms with Gasteiger partial charge >= 0.3 is 0 Å². The van der Waals surface area contributed by atoms with E-state index in [0.717, 1.165) is 19.4 Å². The number of aromatic nitrogens is 3. The molecule has 7 nitrogen and oxygen atoms in total. The van der Waals surface area contributed by atoms with Gasteiger partial charge in [0.25, 0.3) is 0 Å². The third-order valence-electron chi connectivity index (χ3n) is 1.89. The summed E-state index contributed by atoms with van der Waals surface area (Å²) < 4.78 is 0. The second-order valence-corrected chi connectivity index (χ2v) is 3.19. The molecule has 1 heterocycles. The van der Waals surface area contributed by atoms with Crippen molar-refractivity contribution in [3.8, 4) is 0 Å². The van der Waals surface area contributed by atoms with Gasteiger partial charge in [0.1, 0.15) is 0 Å². The monoisotopic (exact) mass is 211 g/mol. The maximum atomic E-state index is 10.1. The average Bonchev–Trinajstić information content (AvgIpc) is 2.63. The highest BCUT2D eigenvalue weighted by Crippen LogP contribution is 2.01. The number of H-pyrrole nitrogens is 1. The lowest BCUT2D eigenvalue weighted by atomic mass is 10.1. The van der Waals surface area contributed by atoms with Crippen molar-refractivity contribution in [1.29, 1.82) is 0 Å². The Morgan fingerprint density at radius 3 is 2.93 bits per heavy atom. The van der Waals surface area contributed by atoms with Gasteiger partial charge < -0.3 is 16.8 Å². The van der Waals surface area contributed by atoms with Crippen molar-refractivity contribution in [3.05, 3.63) is 0 Å². The van der Waals surface area contributed by atoms with Gasteiger partial charge in [0.2, 0.25) is 18.2 Å². The molecule has 1 atom stereocenters. The standard InChI is InChI=1S/C8H15N6O/c9-6(5-15)3-1-2-4-11-8-12-7(10)13-14-8/h6H,1-4,9H2,(H4,10,11,12,13,14)/t6-/m0/s1. The Bertz CT molecular complexity index is 299. The number of carbonyl (C=O) groups excluding carboxylic acids is 1. The number of rotatable bonds is 7. The number of anilines is 2. The van der Waals surface area contributed by atoms with Crippen LogP contribution < -0.4 is 16.8 Å². The number of hydrogen-bond donors (Lipinski definition) is 4. The van der Waals surface area contributed by atoms with Crippen LogP contribution in [0.3, 0.4) is 0 Å². The lowest BCUT2D eigenvalue weighted by Gasteiger charge is -2.03. The van der Waals surface area contributed by atoms with Crippen LogP contribution in [-0.2, 0) is 4.79 Å².